The number of hydrogen-bond acceptors (Lipinski definition) is 6. The van der Waals surface area contributed by atoms with E-state index in [0.717, 1.165) is 18.5 Å². The summed E-state index contributed by atoms with van der Waals surface area (Å²) in [5, 5.41) is 12.8. The van der Waals surface area contributed by atoms with Crippen LogP contribution in [-0.2, 0) is 17.9 Å². The van der Waals surface area contributed by atoms with Gasteiger partial charge in [0.05, 0.1) is 18.8 Å². The fraction of sp³-hybridized carbons (Fsp3) is 0.320. The highest BCUT2D eigenvalue weighted by atomic mass is 19.1. The van der Waals surface area contributed by atoms with Crippen LogP contribution in [0.4, 0.5) is 4.39 Å². The molecule has 4 rings (SSSR count). The molecule has 0 radical (unpaired) electrons. The van der Waals surface area contributed by atoms with Crippen LogP contribution in [0.5, 0.6) is 5.75 Å². The molecule has 1 aliphatic heterocycles. The Balaban J connectivity index is 1.47. The summed E-state index contributed by atoms with van der Waals surface area (Å²) in [5.74, 6) is -1.51. The Labute approximate surface area is 196 Å². The molecule has 0 unspecified atom stereocenters. The summed E-state index contributed by atoms with van der Waals surface area (Å²) in [6.07, 6.45) is 1.36. The van der Waals surface area contributed by atoms with Gasteiger partial charge in [0.2, 0.25) is 5.75 Å². The molecule has 0 aliphatic carbocycles. The zero-order chi connectivity index (χ0) is 24.1. The summed E-state index contributed by atoms with van der Waals surface area (Å²) in [6, 6.07) is 15.3. The van der Waals surface area contributed by atoms with Crippen LogP contribution in [0.25, 0.3) is 0 Å². The maximum atomic E-state index is 13.1. The molecule has 178 valence electrons. The van der Waals surface area contributed by atoms with Crippen LogP contribution in [0.3, 0.4) is 0 Å². The van der Waals surface area contributed by atoms with Gasteiger partial charge in [-0.2, -0.15) is 0 Å². The van der Waals surface area contributed by atoms with Gasteiger partial charge in [0, 0.05) is 13.1 Å². The number of nitrogens with one attached hydrogen (secondary N) is 2. The van der Waals surface area contributed by atoms with Gasteiger partial charge in [0.1, 0.15) is 11.6 Å². The summed E-state index contributed by atoms with van der Waals surface area (Å²) in [4.78, 5) is 34.1. The second kappa shape index (κ2) is 10.6. The van der Waals surface area contributed by atoms with Crippen molar-refractivity contribution in [3.05, 3.63) is 93.4 Å². The van der Waals surface area contributed by atoms with Crippen molar-refractivity contribution >= 4 is 5.91 Å². The number of carbonyl (C=O) groups is 1. The largest absolute Gasteiger partial charge is 0.501 e. The average molecular weight is 467 g/mol. The molecule has 2 atom stereocenters. The Morgan fingerprint density at radius 3 is 2.68 bits per heavy atom. The lowest BCUT2D eigenvalue weighted by Gasteiger charge is -2.36. The van der Waals surface area contributed by atoms with E-state index < -0.39 is 17.2 Å². The molecule has 1 aliphatic rings. The van der Waals surface area contributed by atoms with Gasteiger partial charge in [-0.15, -0.1) is 0 Å². The number of halogens is 1. The van der Waals surface area contributed by atoms with Crippen LogP contribution >= 0.6 is 0 Å². The lowest BCUT2D eigenvalue weighted by Crippen LogP contribution is -2.39. The third-order valence-corrected chi connectivity index (χ3v) is 5.96. The van der Waals surface area contributed by atoms with Crippen molar-refractivity contribution in [1.29, 1.82) is 0 Å². The average Bonchev–Trinajstić information content (AvgIpc) is 2.85. The summed E-state index contributed by atoms with van der Waals surface area (Å²) >= 11 is 0. The zero-order valence-electron chi connectivity index (χ0n) is 18.8. The second-order valence-corrected chi connectivity index (χ2v) is 8.40. The number of aromatic hydroxyl groups is 1. The van der Waals surface area contributed by atoms with Crippen molar-refractivity contribution < 1.29 is 19.0 Å². The smallest absolute Gasteiger partial charge is 0.293 e. The van der Waals surface area contributed by atoms with Crippen LogP contribution in [0.2, 0.25) is 0 Å². The maximum absolute atomic E-state index is 13.1. The minimum Gasteiger partial charge on any atom is -0.501 e. The van der Waals surface area contributed by atoms with E-state index in [0.29, 0.717) is 24.4 Å². The third kappa shape index (κ3) is 5.67. The predicted molar refractivity (Wildman–Crippen MR) is 124 cm³/mol. The molecular formula is C25H27FN4O4. The highest BCUT2D eigenvalue weighted by Gasteiger charge is 2.31. The van der Waals surface area contributed by atoms with E-state index >= 15 is 0 Å². The van der Waals surface area contributed by atoms with Crippen LogP contribution in [0.1, 0.15) is 46.3 Å². The Hall–Kier alpha value is -3.56. The number of H-pyrrole nitrogens is 1. The number of aromatic amines is 1. The molecule has 1 amide bonds. The van der Waals surface area contributed by atoms with Gasteiger partial charge in [0.25, 0.3) is 11.5 Å². The van der Waals surface area contributed by atoms with Crippen molar-refractivity contribution in [2.45, 2.75) is 38.1 Å². The fourth-order valence-corrected chi connectivity index (χ4v) is 3.98. The van der Waals surface area contributed by atoms with Crippen LogP contribution in [0.15, 0.2) is 59.4 Å². The minimum absolute atomic E-state index is 0.0451. The van der Waals surface area contributed by atoms with E-state index in [2.05, 4.69) is 15.3 Å². The van der Waals surface area contributed by atoms with Crippen molar-refractivity contribution in [2.24, 2.45) is 0 Å². The molecule has 2 aromatic carbocycles. The lowest BCUT2D eigenvalue weighted by molar-refractivity contribution is -0.0199. The van der Waals surface area contributed by atoms with E-state index in [1.807, 2.05) is 42.3 Å². The van der Waals surface area contributed by atoms with Crippen molar-refractivity contribution in [2.75, 3.05) is 13.6 Å². The summed E-state index contributed by atoms with van der Waals surface area (Å²) < 4.78 is 19.2. The number of hydrogen-bond donors (Lipinski definition) is 3. The molecule has 3 aromatic rings. The van der Waals surface area contributed by atoms with Gasteiger partial charge in [-0.3, -0.25) is 14.5 Å². The zero-order valence-corrected chi connectivity index (χ0v) is 18.8. The van der Waals surface area contributed by atoms with Crippen LogP contribution in [-0.4, -0.2) is 45.6 Å². The SMILES string of the molecule is CN1CC[C@@H](OCc2ccccc2)C[C@H]1c1nc(C(=O)NCc2ccc(F)cc2)c(O)c(=O)[nH]1. The number of nitrogens with zero attached hydrogens (tertiary/aromatic N) is 2. The monoisotopic (exact) mass is 466 g/mol. The van der Waals surface area contributed by atoms with Gasteiger partial charge in [0.15, 0.2) is 5.69 Å². The van der Waals surface area contributed by atoms with Gasteiger partial charge in [-0.05, 0) is 43.1 Å². The van der Waals surface area contributed by atoms with Crippen molar-refractivity contribution in [3.8, 4) is 5.75 Å². The normalized spacial score (nSPS) is 18.5. The third-order valence-electron chi connectivity index (χ3n) is 5.96. The number of rotatable bonds is 7. The minimum atomic E-state index is -0.780. The number of amides is 1. The topological polar surface area (TPSA) is 108 Å². The molecule has 8 nitrogen and oxygen atoms in total. The van der Waals surface area contributed by atoms with Crippen molar-refractivity contribution in [3.63, 3.8) is 0 Å². The van der Waals surface area contributed by atoms with Crippen LogP contribution < -0.4 is 10.9 Å². The Bertz CT molecular complexity index is 1180. The van der Waals surface area contributed by atoms with Gasteiger partial charge < -0.3 is 20.1 Å². The standard InChI is InChI=1S/C25H27FN4O4/c1-30-12-11-19(34-15-17-5-3-2-4-6-17)13-20(30)23-28-21(22(31)25(33)29-23)24(32)27-14-16-7-9-18(26)10-8-16/h2-10,19-20,31H,11-15H2,1H3,(H,27,32)(H,28,29,33)/t19-,20+/m1/s1. The first kappa shape index (κ1) is 23.6. The molecule has 0 bridgehead atoms. The molecule has 0 spiro atoms. The Kier molecular flexibility index (Phi) is 7.34. The highest BCUT2D eigenvalue weighted by molar-refractivity contribution is 5.94. The van der Waals surface area contributed by atoms with Crippen LogP contribution in [0, 0.1) is 5.82 Å². The van der Waals surface area contributed by atoms with Crippen molar-refractivity contribution in [1.82, 2.24) is 20.2 Å². The first-order valence-electron chi connectivity index (χ1n) is 11.1. The number of likely N-dealkylation sites (tertiary alicyclic amines) is 1. The van der Waals surface area contributed by atoms with E-state index in [1.165, 1.54) is 12.1 Å². The second-order valence-electron chi connectivity index (χ2n) is 8.40. The summed E-state index contributed by atoms with van der Waals surface area (Å²) in [6.45, 7) is 1.31. The number of benzene rings is 2. The molecule has 1 fully saturated rings. The van der Waals surface area contributed by atoms with Gasteiger partial charge in [-0.1, -0.05) is 42.5 Å². The highest BCUT2D eigenvalue weighted by Crippen LogP contribution is 2.30. The fourth-order valence-electron chi connectivity index (χ4n) is 3.98. The molecule has 34 heavy (non-hydrogen) atoms. The summed E-state index contributed by atoms with van der Waals surface area (Å²) in [7, 11) is 1.92. The molecule has 3 N–H and O–H groups in total. The van der Waals surface area contributed by atoms with E-state index in [1.54, 1.807) is 12.1 Å². The molecule has 1 aromatic heterocycles. The quantitative estimate of drug-likeness (QED) is 0.494. The maximum Gasteiger partial charge on any atom is 0.293 e. The predicted octanol–water partition coefficient (Wildman–Crippen LogP) is 2.90. The van der Waals surface area contributed by atoms with E-state index in [9.17, 15) is 19.1 Å². The summed E-state index contributed by atoms with van der Waals surface area (Å²) in [5.41, 5.74) is 0.623. The van der Waals surface area contributed by atoms with E-state index in [4.69, 9.17) is 4.74 Å². The number of aromatic nitrogens is 2. The number of carbonyl (C=O) groups excluding carboxylic acids is 1. The number of piperidine rings is 1. The molecule has 9 heteroatoms. The molecular weight excluding hydrogens is 439 g/mol. The first-order valence-corrected chi connectivity index (χ1v) is 11.1. The molecule has 2 heterocycles. The number of ether oxygens (including phenoxy) is 1. The van der Waals surface area contributed by atoms with E-state index in [-0.39, 0.29) is 30.2 Å². The van der Waals surface area contributed by atoms with Gasteiger partial charge in [-0.25, -0.2) is 9.37 Å². The Morgan fingerprint density at radius 2 is 1.94 bits per heavy atom. The molecule has 1 saturated heterocycles. The van der Waals surface area contributed by atoms with Gasteiger partial charge >= 0.3 is 0 Å². The molecule has 0 saturated carbocycles. The first-order chi connectivity index (χ1) is 16.4. The lowest BCUT2D eigenvalue weighted by atomic mass is 9.99. The Morgan fingerprint density at radius 1 is 1.21 bits per heavy atom.